The van der Waals surface area contributed by atoms with Gasteiger partial charge in [-0.05, 0) is 25.0 Å². The Bertz CT molecular complexity index is 465. The molecule has 104 valence electrons. The summed E-state index contributed by atoms with van der Waals surface area (Å²) in [6, 6.07) is 3.07. The number of unbranched alkanes of at least 4 members (excludes halogenated alkanes) is 1. The second-order valence-corrected chi connectivity index (χ2v) is 3.88. The summed E-state index contributed by atoms with van der Waals surface area (Å²) in [5.74, 6) is -1.47. The van der Waals surface area contributed by atoms with Crippen LogP contribution in [0.4, 0.5) is 10.1 Å². The van der Waals surface area contributed by atoms with Crippen LogP contribution in [0.25, 0.3) is 0 Å². The van der Waals surface area contributed by atoms with Crippen molar-refractivity contribution in [1.29, 1.82) is 0 Å². The number of nitrogens with zero attached hydrogens (tertiary/aromatic N) is 1. The van der Waals surface area contributed by atoms with Gasteiger partial charge in [-0.25, -0.2) is 0 Å². The van der Waals surface area contributed by atoms with Gasteiger partial charge in [0.1, 0.15) is 0 Å². The van der Waals surface area contributed by atoms with E-state index in [0.717, 1.165) is 25.0 Å². The zero-order valence-corrected chi connectivity index (χ0v) is 10.5. The van der Waals surface area contributed by atoms with Crippen molar-refractivity contribution in [3.63, 3.8) is 0 Å². The van der Waals surface area contributed by atoms with Gasteiger partial charge in [0.15, 0.2) is 0 Å². The van der Waals surface area contributed by atoms with E-state index in [-0.39, 0.29) is 5.56 Å². The van der Waals surface area contributed by atoms with E-state index < -0.39 is 22.3 Å². The summed E-state index contributed by atoms with van der Waals surface area (Å²) in [5, 5.41) is 13.0. The van der Waals surface area contributed by atoms with Crippen molar-refractivity contribution >= 4 is 11.6 Å². The van der Waals surface area contributed by atoms with Crippen molar-refractivity contribution in [2.45, 2.75) is 12.8 Å². The van der Waals surface area contributed by atoms with Crippen LogP contribution in [-0.2, 0) is 4.74 Å². The topological polar surface area (TPSA) is 81.5 Å². The van der Waals surface area contributed by atoms with E-state index >= 15 is 0 Å². The number of methoxy groups -OCH3 is 1. The number of ether oxygens (including phenoxy) is 1. The number of hydrogen-bond acceptors (Lipinski definition) is 4. The maximum Gasteiger partial charge on any atom is 0.304 e. The van der Waals surface area contributed by atoms with Crippen molar-refractivity contribution in [2.24, 2.45) is 0 Å². The predicted octanol–water partition coefficient (Wildman–Crippen LogP) is 1.89. The van der Waals surface area contributed by atoms with Crippen LogP contribution < -0.4 is 5.32 Å². The highest BCUT2D eigenvalue weighted by Crippen LogP contribution is 2.17. The number of carbonyl (C=O) groups excluding carboxylic acids is 1. The molecule has 0 saturated carbocycles. The molecule has 0 bridgehead atoms. The highest BCUT2D eigenvalue weighted by molar-refractivity contribution is 5.94. The fourth-order valence-electron chi connectivity index (χ4n) is 1.47. The number of hydrogen-bond donors (Lipinski definition) is 1. The number of nitro groups is 1. The molecule has 0 heterocycles. The first-order chi connectivity index (χ1) is 9.06. The fraction of sp³-hybridized carbons (Fsp3) is 0.417. The lowest BCUT2D eigenvalue weighted by Gasteiger charge is -2.05. The summed E-state index contributed by atoms with van der Waals surface area (Å²) in [5.41, 5.74) is -0.577. The number of rotatable bonds is 7. The molecule has 6 nitrogen and oxygen atoms in total. The Balaban J connectivity index is 2.53. The number of nitro benzene ring substituents is 1. The number of benzene rings is 1. The van der Waals surface area contributed by atoms with Gasteiger partial charge in [-0.15, -0.1) is 0 Å². The van der Waals surface area contributed by atoms with Crippen LogP contribution in [0.3, 0.4) is 0 Å². The Hall–Kier alpha value is -2.02. The summed E-state index contributed by atoms with van der Waals surface area (Å²) in [6.45, 7) is 1.06. The molecular formula is C12H15FN2O4. The molecule has 0 aromatic heterocycles. The highest BCUT2D eigenvalue weighted by atomic mass is 19.1. The van der Waals surface area contributed by atoms with Gasteiger partial charge in [-0.1, -0.05) is 0 Å². The van der Waals surface area contributed by atoms with Crippen molar-refractivity contribution in [3.05, 3.63) is 39.7 Å². The summed E-state index contributed by atoms with van der Waals surface area (Å²) in [7, 11) is 1.60. The minimum atomic E-state index is -1.02. The van der Waals surface area contributed by atoms with E-state index in [4.69, 9.17) is 4.74 Å². The second kappa shape index (κ2) is 7.42. The van der Waals surface area contributed by atoms with Crippen LogP contribution in [0.15, 0.2) is 18.2 Å². The van der Waals surface area contributed by atoms with Gasteiger partial charge in [0.05, 0.1) is 4.92 Å². The van der Waals surface area contributed by atoms with Crippen LogP contribution in [0.5, 0.6) is 0 Å². The maximum atomic E-state index is 13.3. The molecular weight excluding hydrogens is 255 g/mol. The van der Waals surface area contributed by atoms with E-state index in [1.165, 1.54) is 6.07 Å². The van der Waals surface area contributed by atoms with Crippen molar-refractivity contribution < 1.29 is 18.8 Å². The van der Waals surface area contributed by atoms with E-state index in [1.54, 1.807) is 7.11 Å². The van der Waals surface area contributed by atoms with Gasteiger partial charge in [0.25, 0.3) is 5.91 Å². The quantitative estimate of drug-likeness (QED) is 0.466. The number of amides is 1. The minimum absolute atomic E-state index is 0.0647. The third kappa shape index (κ3) is 4.63. The molecule has 0 aliphatic rings. The smallest absolute Gasteiger partial charge is 0.304 e. The van der Waals surface area contributed by atoms with E-state index in [1.807, 2.05) is 0 Å². The third-order valence-corrected chi connectivity index (χ3v) is 2.47. The lowest BCUT2D eigenvalue weighted by Crippen LogP contribution is -2.24. The molecule has 7 heteroatoms. The first kappa shape index (κ1) is 15.0. The first-order valence-electron chi connectivity index (χ1n) is 5.77. The van der Waals surface area contributed by atoms with Gasteiger partial charge in [0.2, 0.25) is 5.82 Å². The fourth-order valence-corrected chi connectivity index (χ4v) is 1.47. The zero-order chi connectivity index (χ0) is 14.3. The van der Waals surface area contributed by atoms with Gasteiger partial charge >= 0.3 is 5.69 Å². The van der Waals surface area contributed by atoms with Crippen molar-refractivity contribution in [1.82, 2.24) is 5.32 Å². The summed E-state index contributed by atoms with van der Waals surface area (Å²) >= 11 is 0. The molecule has 19 heavy (non-hydrogen) atoms. The predicted molar refractivity (Wildman–Crippen MR) is 66.5 cm³/mol. The molecule has 1 aromatic rings. The van der Waals surface area contributed by atoms with Crippen molar-refractivity contribution in [3.8, 4) is 0 Å². The first-order valence-corrected chi connectivity index (χ1v) is 5.77. The number of nitrogens with one attached hydrogen (secondary N) is 1. The van der Waals surface area contributed by atoms with Crippen LogP contribution in [0.2, 0.25) is 0 Å². The highest BCUT2D eigenvalue weighted by Gasteiger charge is 2.16. The van der Waals surface area contributed by atoms with Gasteiger partial charge in [0, 0.05) is 31.9 Å². The zero-order valence-electron chi connectivity index (χ0n) is 10.5. The Kier molecular flexibility index (Phi) is 5.87. The number of carbonyl (C=O) groups is 1. The molecule has 1 aromatic carbocycles. The molecule has 0 saturated heterocycles. The molecule has 0 aliphatic heterocycles. The average molecular weight is 270 g/mol. The molecule has 1 amide bonds. The molecule has 1 N–H and O–H groups in total. The summed E-state index contributed by atoms with van der Waals surface area (Å²) in [6.07, 6.45) is 1.56. The monoisotopic (exact) mass is 270 g/mol. The Morgan fingerprint density at radius 1 is 1.47 bits per heavy atom. The van der Waals surface area contributed by atoms with E-state index in [2.05, 4.69) is 5.32 Å². The van der Waals surface area contributed by atoms with Crippen LogP contribution in [0, 0.1) is 15.9 Å². The molecule has 0 aliphatic carbocycles. The largest absolute Gasteiger partial charge is 0.385 e. The molecule has 0 fully saturated rings. The standard InChI is InChI=1S/C12H15FN2O4/c1-19-7-3-2-6-14-12(16)9-4-5-11(15(17)18)10(13)8-9/h4-5,8H,2-3,6-7H2,1H3,(H,14,16). The van der Waals surface area contributed by atoms with E-state index in [0.29, 0.717) is 13.2 Å². The van der Waals surface area contributed by atoms with Gasteiger partial charge in [-0.2, -0.15) is 4.39 Å². The molecule has 0 radical (unpaired) electrons. The SMILES string of the molecule is COCCCCNC(=O)c1ccc([N+](=O)[O-])c(F)c1. The maximum absolute atomic E-state index is 13.3. The molecule has 0 atom stereocenters. The van der Waals surface area contributed by atoms with E-state index in [9.17, 15) is 19.3 Å². The Morgan fingerprint density at radius 3 is 2.79 bits per heavy atom. The second-order valence-electron chi connectivity index (χ2n) is 3.88. The Morgan fingerprint density at radius 2 is 2.21 bits per heavy atom. The number of halogens is 1. The summed E-state index contributed by atoms with van der Waals surface area (Å²) < 4.78 is 18.2. The van der Waals surface area contributed by atoms with Crippen molar-refractivity contribution in [2.75, 3.05) is 20.3 Å². The van der Waals surface area contributed by atoms with Crippen LogP contribution >= 0.6 is 0 Å². The normalized spacial score (nSPS) is 10.2. The van der Waals surface area contributed by atoms with Gasteiger partial charge < -0.3 is 10.1 Å². The average Bonchev–Trinajstić information content (AvgIpc) is 2.37. The summed E-state index contributed by atoms with van der Waals surface area (Å²) in [4.78, 5) is 21.2. The lowest BCUT2D eigenvalue weighted by atomic mass is 10.2. The Labute approximate surface area is 109 Å². The molecule has 0 spiro atoms. The van der Waals surface area contributed by atoms with Gasteiger partial charge in [-0.3, -0.25) is 14.9 Å². The third-order valence-electron chi connectivity index (χ3n) is 2.47. The van der Waals surface area contributed by atoms with Crippen LogP contribution in [-0.4, -0.2) is 31.1 Å². The lowest BCUT2D eigenvalue weighted by molar-refractivity contribution is -0.387. The van der Waals surface area contributed by atoms with Crippen LogP contribution in [0.1, 0.15) is 23.2 Å². The minimum Gasteiger partial charge on any atom is -0.385 e. The molecule has 1 rings (SSSR count). The molecule has 0 unspecified atom stereocenters.